The molecule has 2 aromatic carbocycles. The molecule has 0 aromatic heterocycles. The van der Waals surface area contributed by atoms with Gasteiger partial charge in [0.1, 0.15) is 23.5 Å². The molecule has 0 amide bonds. The smallest absolute Gasteiger partial charge is 0.185 e. The summed E-state index contributed by atoms with van der Waals surface area (Å²) in [6.07, 6.45) is 2.50. The molecule has 0 saturated heterocycles. The summed E-state index contributed by atoms with van der Waals surface area (Å²) >= 11 is 0. The van der Waals surface area contributed by atoms with Crippen LogP contribution in [-0.2, 0) is 0 Å². The average Bonchev–Trinajstić information content (AvgIpc) is 2.52. The highest BCUT2D eigenvalue weighted by Crippen LogP contribution is 2.15. The van der Waals surface area contributed by atoms with Crippen LogP contribution >= 0.6 is 0 Å². The lowest BCUT2D eigenvalue weighted by molar-refractivity contribution is 0.104. The molecule has 0 radical (unpaired) electrons. The number of hydrogen-bond acceptors (Lipinski definition) is 3. The van der Waals surface area contributed by atoms with Gasteiger partial charge >= 0.3 is 0 Å². The van der Waals surface area contributed by atoms with Crippen LogP contribution in [0, 0.1) is 23.0 Å². The van der Waals surface area contributed by atoms with Gasteiger partial charge in [0.15, 0.2) is 12.4 Å². The Morgan fingerprint density at radius 1 is 1.18 bits per heavy atom. The molecule has 0 aliphatic rings. The molecular weight excluding hydrogens is 288 g/mol. The number of ketones is 1. The first-order chi connectivity index (χ1) is 10.6. The molecule has 0 spiro atoms. The highest BCUT2D eigenvalue weighted by molar-refractivity contribution is 6.06. The molecule has 110 valence electrons. The molecule has 3 nitrogen and oxygen atoms in total. The van der Waals surface area contributed by atoms with Crippen LogP contribution in [0.3, 0.4) is 0 Å². The molecule has 0 atom stereocenters. The Balaban J connectivity index is 2.08. The van der Waals surface area contributed by atoms with E-state index >= 15 is 0 Å². The number of ether oxygens (including phenoxy) is 1. The SMILES string of the molecule is N#CCOc1ccc(C(=O)/C=C/c2ccc(F)cc2F)cc1. The highest BCUT2D eigenvalue weighted by Gasteiger charge is 2.04. The van der Waals surface area contributed by atoms with E-state index in [0.29, 0.717) is 11.3 Å². The molecule has 0 aliphatic carbocycles. The summed E-state index contributed by atoms with van der Waals surface area (Å²) in [6, 6.07) is 11.2. The lowest BCUT2D eigenvalue weighted by Gasteiger charge is -2.02. The first-order valence-electron chi connectivity index (χ1n) is 6.37. The van der Waals surface area contributed by atoms with E-state index in [-0.39, 0.29) is 18.0 Å². The van der Waals surface area contributed by atoms with Crippen molar-refractivity contribution in [3.63, 3.8) is 0 Å². The van der Waals surface area contributed by atoms with Crippen LogP contribution in [0.25, 0.3) is 6.08 Å². The molecular formula is C17H11F2NO2. The summed E-state index contributed by atoms with van der Waals surface area (Å²) < 4.78 is 31.3. The number of carbonyl (C=O) groups excluding carboxylic acids is 1. The van der Waals surface area contributed by atoms with Crippen LogP contribution in [0.5, 0.6) is 5.75 Å². The van der Waals surface area contributed by atoms with Gasteiger partial charge in [-0.15, -0.1) is 0 Å². The number of benzene rings is 2. The van der Waals surface area contributed by atoms with Crippen molar-refractivity contribution in [3.05, 3.63) is 71.3 Å². The summed E-state index contributed by atoms with van der Waals surface area (Å²) in [5.74, 6) is -1.25. The maximum atomic E-state index is 13.4. The molecule has 0 aliphatic heterocycles. The Hall–Kier alpha value is -3.00. The van der Waals surface area contributed by atoms with E-state index in [1.165, 1.54) is 18.2 Å². The fourth-order valence-corrected chi connectivity index (χ4v) is 1.73. The van der Waals surface area contributed by atoms with Crippen molar-refractivity contribution in [2.75, 3.05) is 6.61 Å². The van der Waals surface area contributed by atoms with Crippen molar-refractivity contribution in [2.24, 2.45) is 0 Å². The van der Waals surface area contributed by atoms with Gasteiger partial charge in [0.2, 0.25) is 0 Å². The average molecular weight is 299 g/mol. The summed E-state index contributed by atoms with van der Waals surface area (Å²) in [6.45, 7) is -0.0724. The van der Waals surface area contributed by atoms with Crippen molar-refractivity contribution >= 4 is 11.9 Å². The Kier molecular flexibility index (Phi) is 4.99. The van der Waals surface area contributed by atoms with Crippen LogP contribution < -0.4 is 4.74 Å². The van der Waals surface area contributed by atoms with Gasteiger partial charge in [0, 0.05) is 17.2 Å². The van der Waals surface area contributed by atoms with Gasteiger partial charge in [-0.3, -0.25) is 4.79 Å². The molecule has 0 heterocycles. The summed E-state index contributed by atoms with van der Waals surface area (Å²) in [4.78, 5) is 11.9. The molecule has 2 rings (SSSR count). The Morgan fingerprint density at radius 3 is 2.55 bits per heavy atom. The van der Waals surface area contributed by atoms with Crippen molar-refractivity contribution in [1.29, 1.82) is 5.26 Å². The largest absolute Gasteiger partial charge is 0.479 e. The lowest BCUT2D eigenvalue weighted by Crippen LogP contribution is -1.96. The number of allylic oxidation sites excluding steroid dienone is 1. The minimum Gasteiger partial charge on any atom is -0.479 e. The molecule has 0 bridgehead atoms. The summed E-state index contributed by atoms with van der Waals surface area (Å²) in [5, 5.41) is 8.40. The van der Waals surface area contributed by atoms with E-state index in [9.17, 15) is 13.6 Å². The topological polar surface area (TPSA) is 50.1 Å². The zero-order valence-electron chi connectivity index (χ0n) is 11.4. The molecule has 0 fully saturated rings. The van der Waals surface area contributed by atoms with Crippen molar-refractivity contribution in [3.8, 4) is 11.8 Å². The molecule has 5 heteroatoms. The van der Waals surface area contributed by atoms with E-state index in [2.05, 4.69) is 0 Å². The third-order valence-corrected chi connectivity index (χ3v) is 2.82. The second-order valence-electron chi connectivity index (χ2n) is 4.33. The van der Waals surface area contributed by atoms with E-state index in [1.54, 1.807) is 24.3 Å². The number of rotatable bonds is 5. The van der Waals surface area contributed by atoms with E-state index in [4.69, 9.17) is 10.00 Å². The quantitative estimate of drug-likeness (QED) is 0.624. The maximum Gasteiger partial charge on any atom is 0.185 e. The Morgan fingerprint density at radius 2 is 1.91 bits per heavy atom. The van der Waals surface area contributed by atoms with E-state index in [0.717, 1.165) is 12.1 Å². The number of halogens is 2. The summed E-state index contributed by atoms with van der Waals surface area (Å²) in [7, 11) is 0. The number of carbonyl (C=O) groups is 1. The van der Waals surface area contributed by atoms with E-state index in [1.807, 2.05) is 6.07 Å². The second-order valence-corrected chi connectivity index (χ2v) is 4.33. The maximum absolute atomic E-state index is 13.4. The molecule has 0 unspecified atom stereocenters. The third kappa shape index (κ3) is 4.00. The first-order valence-corrected chi connectivity index (χ1v) is 6.37. The fraction of sp³-hybridized carbons (Fsp3) is 0.0588. The van der Waals surface area contributed by atoms with Crippen molar-refractivity contribution in [2.45, 2.75) is 0 Å². The van der Waals surface area contributed by atoms with Crippen molar-refractivity contribution in [1.82, 2.24) is 0 Å². The minimum atomic E-state index is -0.732. The second kappa shape index (κ2) is 7.14. The van der Waals surface area contributed by atoms with Gasteiger partial charge < -0.3 is 4.74 Å². The lowest BCUT2D eigenvalue weighted by atomic mass is 10.1. The van der Waals surface area contributed by atoms with Crippen LogP contribution in [-0.4, -0.2) is 12.4 Å². The van der Waals surface area contributed by atoms with Crippen LogP contribution in [0.1, 0.15) is 15.9 Å². The van der Waals surface area contributed by atoms with Gasteiger partial charge in [0.05, 0.1) is 0 Å². The minimum absolute atomic E-state index is 0.0724. The van der Waals surface area contributed by atoms with Crippen molar-refractivity contribution < 1.29 is 18.3 Å². The van der Waals surface area contributed by atoms with Crippen LogP contribution in [0.15, 0.2) is 48.5 Å². The first kappa shape index (κ1) is 15.4. The van der Waals surface area contributed by atoms with E-state index < -0.39 is 11.6 Å². The number of hydrogen-bond donors (Lipinski definition) is 0. The van der Waals surface area contributed by atoms with Gasteiger partial charge in [-0.25, -0.2) is 8.78 Å². The number of nitrogens with zero attached hydrogens (tertiary/aromatic N) is 1. The van der Waals surface area contributed by atoms with Gasteiger partial charge in [0.25, 0.3) is 0 Å². The fourth-order valence-electron chi connectivity index (χ4n) is 1.73. The zero-order valence-corrected chi connectivity index (χ0v) is 11.4. The van der Waals surface area contributed by atoms with Crippen LogP contribution in [0.2, 0.25) is 0 Å². The molecule has 0 N–H and O–H groups in total. The Labute approximate surface area is 126 Å². The predicted octanol–water partition coefficient (Wildman–Crippen LogP) is 3.76. The zero-order chi connectivity index (χ0) is 15.9. The van der Waals surface area contributed by atoms with Gasteiger partial charge in [-0.05, 0) is 48.6 Å². The predicted molar refractivity (Wildman–Crippen MR) is 77.3 cm³/mol. The standard InChI is InChI=1S/C17H11F2NO2/c18-14-5-1-12(16(19)11-14)4-8-17(21)13-2-6-15(7-3-13)22-10-9-20/h1-8,11H,10H2/b8-4+. The number of nitriles is 1. The van der Waals surface area contributed by atoms with Gasteiger partial charge in [-0.2, -0.15) is 5.26 Å². The third-order valence-electron chi connectivity index (χ3n) is 2.82. The molecule has 2 aromatic rings. The summed E-state index contributed by atoms with van der Waals surface area (Å²) in [5.41, 5.74) is 0.520. The monoisotopic (exact) mass is 299 g/mol. The van der Waals surface area contributed by atoms with Crippen LogP contribution in [0.4, 0.5) is 8.78 Å². The highest BCUT2D eigenvalue weighted by atomic mass is 19.1. The molecule has 0 saturated carbocycles. The normalized spacial score (nSPS) is 10.4. The van der Waals surface area contributed by atoms with Gasteiger partial charge in [-0.1, -0.05) is 0 Å². The molecule has 22 heavy (non-hydrogen) atoms. The Bertz CT molecular complexity index is 746.